The molecule has 7 heteroatoms. The first kappa shape index (κ1) is 11.3. The molecule has 0 aliphatic carbocycles. The van der Waals surface area contributed by atoms with Crippen molar-refractivity contribution in [3.05, 3.63) is 21.0 Å². The highest BCUT2D eigenvalue weighted by Crippen LogP contribution is 1.87. The summed E-state index contributed by atoms with van der Waals surface area (Å²) in [5.41, 5.74) is -1.20. The van der Waals surface area contributed by atoms with Crippen LogP contribution in [0.15, 0.2) is 9.59 Å². The van der Waals surface area contributed by atoms with Gasteiger partial charge in [-0.25, -0.2) is 24.4 Å². The lowest BCUT2D eigenvalue weighted by atomic mass is 10.4. The van der Waals surface area contributed by atoms with Crippen LogP contribution in [0.4, 0.5) is 0 Å². The number of aliphatic hydroxyl groups is 1. The predicted molar refractivity (Wildman–Crippen MR) is 51.3 cm³/mol. The van der Waals surface area contributed by atoms with Gasteiger partial charge in [-0.3, -0.25) is 0 Å². The van der Waals surface area contributed by atoms with Crippen molar-refractivity contribution in [1.29, 1.82) is 0 Å². The zero-order valence-corrected chi connectivity index (χ0v) is 7.90. The van der Waals surface area contributed by atoms with Crippen LogP contribution < -0.4 is 11.4 Å². The minimum Gasteiger partial charge on any atom is -0.389 e. The Hall–Kier alpha value is -1.78. The maximum absolute atomic E-state index is 11.0. The Labute approximate surface area is 84.7 Å². The molecule has 0 aliphatic rings. The summed E-state index contributed by atoms with van der Waals surface area (Å²) in [6.45, 7) is -0.0844. The molecular formula is C8H11N3O4. The predicted octanol–water partition coefficient (Wildman–Crippen LogP) is -2.12. The van der Waals surface area contributed by atoms with Crippen molar-refractivity contribution in [2.45, 2.75) is 12.6 Å². The molecule has 0 saturated heterocycles. The number of nitrogens with one attached hydrogen (secondary N) is 2. The van der Waals surface area contributed by atoms with Crippen LogP contribution >= 0.6 is 0 Å². The summed E-state index contributed by atoms with van der Waals surface area (Å²) in [6.07, 6.45) is 3.98. The second-order valence-electron chi connectivity index (χ2n) is 2.84. The smallest absolute Gasteiger partial charge is 0.344 e. The molecule has 82 valence electrons. The van der Waals surface area contributed by atoms with Crippen molar-refractivity contribution in [3.8, 4) is 12.3 Å². The zero-order chi connectivity index (χ0) is 11.3. The van der Waals surface area contributed by atoms with Crippen molar-refractivity contribution in [1.82, 2.24) is 14.8 Å². The summed E-state index contributed by atoms with van der Waals surface area (Å²) in [6, 6.07) is 0. The minimum atomic E-state index is -0.951. The van der Waals surface area contributed by atoms with Crippen molar-refractivity contribution in [3.63, 3.8) is 0 Å². The van der Waals surface area contributed by atoms with Gasteiger partial charge in [0.15, 0.2) is 0 Å². The highest BCUT2D eigenvalue weighted by atomic mass is 16.5. The van der Waals surface area contributed by atoms with Gasteiger partial charge in [-0.2, -0.15) is 0 Å². The Balaban J connectivity index is 2.52. The second kappa shape index (κ2) is 5.19. The molecule has 1 heterocycles. The van der Waals surface area contributed by atoms with E-state index in [1.54, 1.807) is 0 Å². The molecule has 1 aromatic rings. The van der Waals surface area contributed by atoms with Crippen molar-refractivity contribution in [2.75, 3.05) is 13.2 Å². The highest BCUT2D eigenvalue weighted by Gasteiger charge is 2.09. The fourth-order valence-corrected chi connectivity index (χ4v) is 1.02. The third-order valence-electron chi connectivity index (χ3n) is 1.66. The number of aromatic nitrogens is 3. The number of hydrogen-bond acceptors (Lipinski definition) is 4. The molecule has 1 unspecified atom stereocenters. The van der Waals surface area contributed by atoms with Gasteiger partial charge in [-0.15, -0.1) is 6.42 Å². The van der Waals surface area contributed by atoms with Gasteiger partial charge in [-0.05, 0) is 0 Å². The van der Waals surface area contributed by atoms with Gasteiger partial charge in [0.1, 0.15) is 6.61 Å². The number of aliphatic hydroxyl groups excluding tert-OH is 1. The Morgan fingerprint density at radius 1 is 1.47 bits per heavy atom. The molecule has 0 amide bonds. The number of aromatic amines is 2. The Morgan fingerprint density at radius 3 is 2.60 bits per heavy atom. The summed E-state index contributed by atoms with van der Waals surface area (Å²) in [5.74, 6) is 2.23. The molecule has 15 heavy (non-hydrogen) atoms. The maximum atomic E-state index is 11.0. The molecule has 0 saturated carbocycles. The molecule has 0 aromatic carbocycles. The first-order valence-electron chi connectivity index (χ1n) is 4.22. The molecule has 0 bridgehead atoms. The number of nitrogens with zero attached hydrogens (tertiary/aromatic N) is 1. The summed E-state index contributed by atoms with van der Waals surface area (Å²) in [5, 5.41) is 13.6. The largest absolute Gasteiger partial charge is 0.389 e. The third-order valence-corrected chi connectivity index (χ3v) is 1.66. The van der Waals surface area contributed by atoms with Crippen LogP contribution in [0.5, 0.6) is 0 Å². The summed E-state index contributed by atoms with van der Waals surface area (Å²) in [7, 11) is 0. The van der Waals surface area contributed by atoms with Crippen LogP contribution in [0.25, 0.3) is 0 Å². The van der Waals surface area contributed by atoms with E-state index in [0.29, 0.717) is 0 Å². The van der Waals surface area contributed by atoms with Crippen LogP contribution in [0.3, 0.4) is 0 Å². The standard InChI is InChI=1S/C8H11N3O4/c1-2-3-15-5-6(12)4-11-7(13)9-10-8(11)14/h1,6,12H,3-5H2,(H,9,13)(H,10,14). The molecule has 0 radical (unpaired) electrons. The fourth-order valence-electron chi connectivity index (χ4n) is 1.02. The number of H-pyrrole nitrogens is 2. The molecule has 1 aromatic heterocycles. The zero-order valence-electron chi connectivity index (χ0n) is 7.90. The van der Waals surface area contributed by atoms with Crippen LogP contribution in [-0.2, 0) is 11.3 Å². The summed E-state index contributed by atoms with van der Waals surface area (Å²) < 4.78 is 5.69. The Morgan fingerprint density at radius 2 is 2.07 bits per heavy atom. The van der Waals surface area contributed by atoms with E-state index in [1.807, 2.05) is 0 Å². The van der Waals surface area contributed by atoms with Gasteiger partial charge in [0, 0.05) is 0 Å². The number of ether oxygens (including phenoxy) is 1. The van der Waals surface area contributed by atoms with E-state index in [0.717, 1.165) is 4.57 Å². The van der Waals surface area contributed by atoms with Crippen LogP contribution in [-0.4, -0.2) is 39.2 Å². The van der Waals surface area contributed by atoms with Crippen molar-refractivity contribution < 1.29 is 9.84 Å². The summed E-state index contributed by atoms with van der Waals surface area (Å²) >= 11 is 0. The number of terminal acetylenes is 1. The van der Waals surface area contributed by atoms with Crippen molar-refractivity contribution >= 4 is 0 Å². The minimum absolute atomic E-state index is 0.0265. The monoisotopic (exact) mass is 213 g/mol. The average Bonchev–Trinajstić information content (AvgIpc) is 2.50. The lowest BCUT2D eigenvalue weighted by molar-refractivity contribution is 0.0404. The van der Waals surface area contributed by atoms with E-state index in [2.05, 4.69) is 16.1 Å². The quantitative estimate of drug-likeness (QED) is 0.384. The van der Waals surface area contributed by atoms with E-state index >= 15 is 0 Å². The van der Waals surface area contributed by atoms with E-state index < -0.39 is 17.5 Å². The molecule has 1 rings (SSSR count). The Bertz CT molecular complexity index is 422. The molecule has 0 fully saturated rings. The second-order valence-corrected chi connectivity index (χ2v) is 2.84. The molecule has 7 nitrogen and oxygen atoms in total. The van der Waals surface area contributed by atoms with Crippen LogP contribution in [0.1, 0.15) is 0 Å². The number of hydrogen-bond donors (Lipinski definition) is 3. The first-order chi connectivity index (χ1) is 7.15. The third kappa shape index (κ3) is 3.12. The fraction of sp³-hybridized carbons (Fsp3) is 0.500. The first-order valence-corrected chi connectivity index (χ1v) is 4.22. The van der Waals surface area contributed by atoms with Crippen LogP contribution in [0, 0.1) is 12.3 Å². The SMILES string of the molecule is C#CCOCC(O)Cn1c(=O)[nH][nH]c1=O. The van der Waals surface area contributed by atoms with Crippen molar-refractivity contribution in [2.24, 2.45) is 0 Å². The van der Waals surface area contributed by atoms with Gasteiger partial charge in [-0.1, -0.05) is 5.92 Å². The van der Waals surface area contributed by atoms with Gasteiger partial charge in [0.05, 0.1) is 19.3 Å². The lowest BCUT2D eigenvalue weighted by Gasteiger charge is -2.08. The van der Waals surface area contributed by atoms with E-state index in [-0.39, 0.29) is 19.8 Å². The van der Waals surface area contributed by atoms with Crippen LogP contribution in [0.2, 0.25) is 0 Å². The lowest BCUT2D eigenvalue weighted by Crippen LogP contribution is -2.34. The number of rotatable bonds is 5. The normalized spacial score (nSPS) is 12.3. The molecule has 0 aliphatic heterocycles. The van der Waals surface area contributed by atoms with Gasteiger partial charge < -0.3 is 9.84 Å². The maximum Gasteiger partial charge on any atom is 0.344 e. The van der Waals surface area contributed by atoms with Gasteiger partial charge in [0.2, 0.25) is 0 Å². The molecule has 3 N–H and O–H groups in total. The van der Waals surface area contributed by atoms with E-state index in [9.17, 15) is 14.7 Å². The molecular weight excluding hydrogens is 202 g/mol. The topological polar surface area (TPSA) is 100 Å². The molecule has 0 spiro atoms. The van der Waals surface area contributed by atoms with E-state index in [1.165, 1.54) is 0 Å². The Kier molecular flexibility index (Phi) is 3.91. The van der Waals surface area contributed by atoms with Gasteiger partial charge in [0.25, 0.3) is 0 Å². The highest BCUT2D eigenvalue weighted by molar-refractivity contribution is 4.83. The van der Waals surface area contributed by atoms with Gasteiger partial charge >= 0.3 is 11.4 Å². The average molecular weight is 213 g/mol. The van der Waals surface area contributed by atoms with E-state index in [4.69, 9.17) is 11.2 Å². The summed E-state index contributed by atoms with van der Waals surface area (Å²) in [4.78, 5) is 22.0. The molecule has 1 atom stereocenters.